The molecule has 1 aliphatic heterocycles. The van der Waals surface area contributed by atoms with Crippen molar-refractivity contribution in [3.05, 3.63) is 18.2 Å². The van der Waals surface area contributed by atoms with Crippen molar-refractivity contribution < 1.29 is 13.2 Å². The number of rotatable bonds is 3. The van der Waals surface area contributed by atoms with E-state index in [1.165, 1.54) is 6.26 Å². The molecule has 1 saturated heterocycles. The van der Waals surface area contributed by atoms with Crippen molar-refractivity contribution >= 4 is 15.5 Å². The summed E-state index contributed by atoms with van der Waals surface area (Å²) < 4.78 is 28.5. The molecule has 0 atom stereocenters. The Morgan fingerprint density at radius 3 is 2.50 bits per heavy atom. The van der Waals surface area contributed by atoms with Crippen molar-refractivity contribution in [3.63, 3.8) is 0 Å². The van der Waals surface area contributed by atoms with E-state index in [9.17, 15) is 8.42 Å². The van der Waals surface area contributed by atoms with Crippen LogP contribution in [0.3, 0.4) is 0 Å². The largest absolute Gasteiger partial charge is 0.495 e. The van der Waals surface area contributed by atoms with Crippen LogP contribution >= 0.6 is 0 Å². The first-order valence-corrected chi connectivity index (χ1v) is 7.75. The van der Waals surface area contributed by atoms with Crippen LogP contribution in [0, 0.1) is 0 Å². The molecule has 1 aromatic carbocycles. The SMILES string of the molecule is COc1ccc(S(C)(=O)=O)cc1N1CCNCC1. The lowest BCUT2D eigenvalue weighted by Gasteiger charge is -2.30. The van der Waals surface area contributed by atoms with Crippen molar-refractivity contribution in [2.75, 3.05) is 44.4 Å². The zero-order valence-corrected chi connectivity index (χ0v) is 11.5. The highest BCUT2D eigenvalue weighted by Gasteiger charge is 2.17. The van der Waals surface area contributed by atoms with E-state index in [0.29, 0.717) is 10.6 Å². The molecule has 100 valence electrons. The lowest BCUT2D eigenvalue weighted by molar-refractivity contribution is 0.412. The van der Waals surface area contributed by atoms with Gasteiger partial charge in [0, 0.05) is 32.4 Å². The molecule has 0 spiro atoms. The second kappa shape index (κ2) is 5.16. The first kappa shape index (κ1) is 13.2. The van der Waals surface area contributed by atoms with E-state index in [4.69, 9.17) is 4.74 Å². The summed E-state index contributed by atoms with van der Waals surface area (Å²) >= 11 is 0. The Bertz CT molecular complexity index is 522. The number of hydrogen-bond donors (Lipinski definition) is 1. The van der Waals surface area contributed by atoms with Gasteiger partial charge in [-0.1, -0.05) is 0 Å². The Labute approximate surface area is 108 Å². The summed E-state index contributed by atoms with van der Waals surface area (Å²) in [5.74, 6) is 0.712. The fourth-order valence-corrected chi connectivity index (χ4v) is 2.69. The monoisotopic (exact) mass is 270 g/mol. The number of hydrogen-bond acceptors (Lipinski definition) is 5. The van der Waals surface area contributed by atoms with Crippen LogP contribution in [0.25, 0.3) is 0 Å². The highest BCUT2D eigenvalue weighted by Crippen LogP contribution is 2.31. The van der Waals surface area contributed by atoms with Gasteiger partial charge < -0.3 is 15.0 Å². The van der Waals surface area contributed by atoms with Gasteiger partial charge in [0.1, 0.15) is 5.75 Å². The number of nitrogens with one attached hydrogen (secondary N) is 1. The molecular weight excluding hydrogens is 252 g/mol. The second-order valence-corrected chi connectivity index (χ2v) is 6.36. The van der Waals surface area contributed by atoms with E-state index in [1.807, 2.05) is 0 Å². The first-order valence-electron chi connectivity index (χ1n) is 5.86. The summed E-state index contributed by atoms with van der Waals surface area (Å²) in [5.41, 5.74) is 0.849. The van der Waals surface area contributed by atoms with Gasteiger partial charge in [0.05, 0.1) is 17.7 Å². The maximum atomic E-state index is 11.6. The fraction of sp³-hybridized carbons (Fsp3) is 0.500. The maximum Gasteiger partial charge on any atom is 0.175 e. The Hall–Kier alpha value is -1.27. The van der Waals surface area contributed by atoms with Gasteiger partial charge >= 0.3 is 0 Å². The van der Waals surface area contributed by atoms with Crippen LogP contribution in [0.2, 0.25) is 0 Å². The van der Waals surface area contributed by atoms with Crippen LogP contribution in [0.5, 0.6) is 5.75 Å². The molecular formula is C12H18N2O3S. The van der Waals surface area contributed by atoms with Gasteiger partial charge in [-0.2, -0.15) is 0 Å². The third-order valence-corrected chi connectivity index (χ3v) is 4.15. The topological polar surface area (TPSA) is 58.6 Å². The number of ether oxygens (including phenoxy) is 1. The van der Waals surface area contributed by atoms with Crippen LogP contribution in [0.4, 0.5) is 5.69 Å². The van der Waals surface area contributed by atoms with Gasteiger partial charge in [-0.3, -0.25) is 0 Å². The van der Waals surface area contributed by atoms with Gasteiger partial charge in [-0.05, 0) is 18.2 Å². The third-order valence-electron chi connectivity index (χ3n) is 3.04. The first-order chi connectivity index (χ1) is 8.52. The number of nitrogens with zero attached hydrogens (tertiary/aromatic N) is 1. The van der Waals surface area contributed by atoms with Crippen molar-refractivity contribution in [1.82, 2.24) is 5.32 Å². The maximum absolute atomic E-state index is 11.6. The molecule has 0 amide bonds. The van der Waals surface area contributed by atoms with Crippen LogP contribution in [0.1, 0.15) is 0 Å². The molecule has 0 aromatic heterocycles. The summed E-state index contributed by atoms with van der Waals surface area (Å²) in [5, 5.41) is 3.27. The van der Waals surface area contributed by atoms with Gasteiger partial charge in [-0.15, -0.1) is 0 Å². The molecule has 0 aliphatic carbocycles. The molecule has 2 rings (SSSR count). The van der Waals surface area contributed by atoms with Crippen molar-refractivity contribution in [2.24, 2.45) is 0 Å². The van der Waals surface area contributed by atoms with Crippen molar-refractivity contribution in [1.29, 1.82) is 0 Å². The fourth-order valence-electron chi connectivity index (χ4n) is 2.05. The van der Waals surface area contributed by atoms with E-state index >= 15 is 0 Å². The molecule has 0 saturated carbocycles. The minimum Gasteiger partial charge on any atom is -0.495 e. The molecule has 0 unspecified atom stereocenters. The van der Waals surface area contributed by atoms with Crippen molar-refractivity contribution in [3.8, 4) is 5.75 Å². The van der Waals surface area contributed by atoms with Crippen LogP contribution in [-0.4, -0.2) is 48.0 Å². The molecule has 1 N–H and O–H groups in total. The molecule has 1 aromatic rings. The minimum atomic E-state index is -3.19. The highest BCUT2D eigenvalue weighted by atomic mass is 32.2. The van der Waals surface area contributed by atoms with Gasteiger partial charge in [0.2, 0.25) is 0 Å². The van der Waals surface area contributed by atoms with E-state index < -0.39 is 9.84 Å². The average Bonchev–Trinajstić information content (AvgIpc) is 2.38. The van der Waals surface area contributed by atoms with Crippen LogP contribution in [-0.2, 0) is 9.84 Å². The highest BCUT2D eigenvalue weighted by molar-refractivity contribution is 7.90. The molecule has 1 aliphatic rings. The Morgan fingerprint density at radius 2 is 1.94 bits per heavy atom. The van der Waals surface area contributed by atoms with Crippen LogP contribution in [0.15, 0.2) is 23.1 Å². The summed E-state index contributed by atoms with van der Waals surface area (Å²) in [6.07, 6.45) is 1.22. The smallest absolute Gasteiger partial charge is 0.175 e. The molecule has 0 bridgehead atoms. The number of methoxy groups -OCH3 is 1. The summed E-state index contributed by atoms with van der Waals surface area (Å²) in [7, 11) is -1.59. The Balaban J connectivity index is 2.42. The average molecular weight is 270 g/mol. The molecule has 18 heavy (non-hydrogen) atoms. The van der Waals surface area contributed by atoms with Crippen LogP contribution < -0.4 is 15.0 Å². The summed E-state index contributed by atoms with van der Waals surface area (Å²) in [6, 6.07) is 4.99. The molecule has 1 fully saturated rings. The Kier molecular flexibility index (Phi) is 3.77. The zero-order chi connectivity index (χ0) is 13.2. The molecule has 5 nitrogen and oxygen atoms in total. The van der Waals surface area contributed by atoms with Gasteiger partial charge in [0.15, 0.2) is 9.84 Å². The predicted molar refractivity (Wildman–Crippen MR) is 71.2 cm³/mol. The van der Waals surface area contributed by atoms with E-state index in [2.05, 4.69) is 10.2 Å². The number of sulfone groups is 1. The molecule has 1 heterocycles. The second-order valence-electron chi connectivity index (χ2n) is 4.34. The van der Waals surface area contributed by atoms with Gasteiger partial charge in [0.25, 0.3) is 0 Å². The van der Waals surface area contributed by atoms with E-state index in [-0.39, 0.29) is 0 Å². The quantitative estimate of drug-likeness (QED) is 0.867. The lowest BCUT2D eigenvalue weighted by atomic mass is 10.2. The minimum absolute atomic E-state index is 0.330. The van der Waals surface area contributed by atoms with Gasteiger partial charge in [-0.25, -0.2) is 8.42 Å². The van der Waals surface area contributed by atoms with E-state index in [1.54, 1.807) is 25.3 Å². The normalized spacial score (nSPS) is 16.7. The molecule has 6 heteroatoms. The summed E-state index contributed by atoms with van der Waals surface area (Å²) in [4.78, 5) is 2.47. The lowest BCUT2D eigenvalue weighted by Crippen LogP contribution is -2.43. The third kappa shape index (κ3) is 2.76. The standard InChI is InChI=1S/C12H18N2O3S/c1-17-12-4-3-10(18(2,15)16)9-11(12)14-7-5-13-6-8-14/h3-4,9,13H,5-8H2,1-2H3. The number of anilines is 1. The van der Waals surface area contributed by atoms with Crippen molar-refractivity contribution in [2.45, 2.75) is 4.90 Å². The Morgan fingerprint density at radius 1 is 1.28 bits per heavy atom. The zero-order valence-electron chi connectivity index (χ0n) is 10.6. The number of piperazine rings is 1. The number of benzene rings is 1. The predicted octanol–water partition coefficient (Wildman–Crippen LogP) is 0.508. The summed E-state index contributed by atoms with van der Waals surface area (Å²) in [6.45, 7) is 3.49. The van der Waals surface area contributed by atoms with E-state index in [0.717, 1.165) is 31.9 Å². The molecule has 0 radical (unpaired) electrons.